The molecule has 2 aromatic heterocycles. The van der Waals surface area contributed by atoms with Gasteiger partial charge in [-0.2, -0.15) is 5.10 Å². The van der Waals surface area contributed by atoms with Gasteiger partial charge in [-0.1, -0.05) is 6.92 Å². The Bertz CT molecular complexity index is 668. The first-order valence-corrected chi connectivity index (χ1v) is 7.68. The summed E-state index contributed by atoms with van der Waals surface area (Å²) in [7, 11) is 0. The van der Waals surface area contributed by atoms with E-state index in [1.54, 1.807) is 13.1 Å². The number of rotatable bonds is 4. The van der Waals surface area contributed by atoms with Gasteiger partial charge in [-0.15, -0.1) is 0 Å². The highest BCUT2D eigenvalue weighted by atomic mass is 16.3. The third-order valence-corrected chi connectivity index (χ3v) is 4.42. The standard InChI is InChI=1S/C16H22N4O2/c1-3-14-13-8-20(5-4-15(13)19-18-14)7-12-11(9-21)6-17-10(2)16(12)22/h6,21-22H,3-5,7-9H2,1-2H3,(H,18,19). The zero-order chi connectivity index (χ0) is 15.7. The molecule has 3 heterocycles. The van der Waals surface area contributed by atoms with Crippen molar-refractivity contribution in [1.29, 1.82) is 0 Å². The number of aryl methyl sites for hydroxylation is 2. The van der Waals surface area contributed by atoms with Crippen molar-refractivity contribution in [3.63, 3.8) is 0 Å². The molecule has 6 nitrogen and oxygen atoms in total. The number of aliphatic hydroxyl groups is 1. The molecule has 0 aliphatic carbocycles. The number of nitrogens with one attached hydrogen (secondary N) is 1. The minimum atomic E-state index is -0.110. The van der Waals surface area contributed by atoms with Gasteiger partial charge in [-0.3, -0.25) is 15.0 Å². The van der Waals surface area contributed by atoms with Gasteiger partial charge in [0.15, 0.2) is 0 Å². The molecule has 1 aliphatic rings. The van der Waals surface area contributed by atoms with E-state index in [-0.39, 0.29) is 12.4 Å². The summed E-state index contributed by atoms with van der Waals surface area (Å²) in [6.45, 7) is 6.11. The van der Waals surface area contributed by atoms with Crippen LogP contribution in [-0.4, -0.2) is 36.8 Å². The smallest absolute Gasteiger partial charge is 0.141 e. The monoisotopic (exact) mass is 302 g/mol. The molecule has 0 spiro atoms. The van der Waals surface area contributed by atoms with Crippen molar-refractivity contribution in [1.82, 2.24) is 20.1 Å². The van der Waals surface area contributed by atoms with Crippen LogP contribution in [0, 0.1) is 6.92 Å². The highest BCUT2D eigenvalue weighted by Crippen LogP contribution is 2.28. The van der Waals surface area contributed by atoms with Gasteiger partial charge < -0.3 is 10.2 Å². The summed E-state index contributed by atoms with van der Waals surface area (Å²) in [4.78, 5) is 6.40. The summed E-state index contributed by atoms with van der Waals surface area (Å²) in [6.07, 6.45) is 3.50. The number of hydrogen-bond donors (Lipinski definition) is 3. The Kier molecular flexibility index (Phi) is 4.13. The largest absolute Gasteiger partial charge is 0.506 e. The van der Waals surface area contributed by atoms with Gasteiger partial charge in [-0.05, 0) is 13.3 Å². The number of aromatic amines is 1. The molecule has 22 heavy (non-hydrogen) atoms. The quantitative estimate of drug-likeness (QED) is 0.795. The van der Waals surface area contributed by atoms with E-state index in [1.165, 1.54) is 11.3 Å². The normalized spacial score (nSPS) is 15.0. The summed E-state index contributed by atoms with van der Waals surface area (Å²) in [5, 5.41) is 27.3. The van der Waals surface area contributed by atoms with Crippen LogP contribution < -0.4 is 0 Å². The van der Waals surface area contributed by atoms with Crippen molar-refractivity contribution in [3.05, 3.63) is 40.0 Å². The van der Waals surface area contributed by atoms with Crippen molar-refractivity contribution < 1.29 is 10.2 Å². The number of H-pyrrole nitrogens is 1. The van der Waals surface area contributed by atoms with Crippen LogP contribution in [-0.2, 0) is 32.5 Å². The number of fused-ring (bicyclic) bond motifs is 1. The van der Waals surface area contributed by atoms with Crippen LogP contribution in [0.1, 0.15) is 40.7 Å². The van der Waals surface area contributed by atoms with Gasteiger partial charge in [0.2, 0.25) is 0 Å². The van der Waals surface area contributed by atoms with E-state index in [0.717, 1.165) is 37.2 Å². The minimum absolute atomic E-state index is 0.110. The van der Waals surface area contributed by atoms with E-state index in [4.69, 9.17) is 0 Å². The number of aromatic hydroxyl groups is 1. The minimum Gasteiger partial charge on any atom is -0.506 e. The first kappa shape index (κ1) is 15.0. The molecule has 0 radical (unpaired) electrons. The fourth-order valence-corrected chi connectivity index (χ4v) is 3.06. The van der Waals surface area contributed by atoms with Gasteiger partial charge in [0.25, 0.3) is 0 Å². The van der Waals surface area contributed by atoms with Crippen molar-refractivity contribution in [2.45, 2.75) is 46.4 Å². The van der Waals surface area contributed by atoms with Gasteiger partial charge in [0, 0.05) is 54.6 Å². The fourth-order valence-electron chi connectivity index (χ4n) is 3.06. The van der Waals surface area contributed by atoms with Crippen LogP contribution in [0.5, 0.6) is 5.75 Å². The zero-order valence-corrected chi connectivity index (χ0v) is 13.1. The third kappa shape index (κ3) is 2.60. The molecule has 0 saturated carbocycles. The Hall–Kier alpha value is -1.92. The van der Waals surface area contributed by atoms with Crippen LogP contribution in [0.2, 0.25) is 0 Å². The molecule has 0 unspecified atom stereocenters. The van der Waals surface area contributed by atoms with Gasteiger partial charge in [-0.25, -0.2) is 0 Å². The lowest BCUT2D eigenvalue weighted by molar-refractivity contribution is 0.233. The summed E-state index contributed by atoms with van der Waals surface area (Å²) in [5.74, 6) is 0.195. The molecule has 3 N–H and O–H groups in total. The predicted molar refractivity (Wildman–Crippen MR) is 82.3 cm³/mol. The SMILES string of the molecule is CCc1n[nH]c2c1CN(Cc1c(CO)cnc(C)c1O)CC2. The summed E-state index contributed by atoms with van der Waals surface area (Å²) < 4.78 is 0. The average molecular weight is 302 g/mol. The van der Waals surface area contributed by atoms with Crippen molar-refractivity contribution in [3.8, 4) is 5.75 Å². The molecule has 0 aromatic carbocycles. The second kappa shape index (κ2) is 6.06. The van der Waals surface area contributed by atoms with E-state index in [9.17, 15) is 10.2 Å². The van der Waals surface area contributed by atoms with Crippen LogP contribution >= 0.6 is 0 Å². The van der Waals surface area contributed by atoms with Crippen molar-refractivity contribution >= 4 is 0 Å². The predicted octanol–water partition coefficient (Wildman–Crippen LogP) is 1.43. The molecule has 0 atom stereocenters. The maximum atomic E-state index is 10.3. The van der Waals surface area contributed by atoms with E-state index in [0.29, 0.717) is 17.8 Å². The van der Waals surface area contributed by atoms with E-state index >= 15 is 0 Å². The van der Waals surface area contributed by atoms with Crippen molar-refractivity contribution in [2.24, 2.45) is 0 Å². The van der Waals surface area contributed by atoms with Crippen LogP contribution in [0.15, 0.2) is 6.20 Å². The van der Waals surface area contributed by atoms with E-state index in [1.807, 2.05) is 0 Å². The van der Waals surface area contributed by atoms with Crippen LogP contribution in [0.3, 0.4) is 0 Å². The van der Waals surface area contributed by atoms with Gasteiger partial charge >= 0.3 is 0 Å². The number of aromatic nitrogens is 3. The topological polar surface area (TPSA) is 85.3 Å². The van der Waals surface area contributed by atoms with Crippen molar-refractivity contribution in [2.75, 3.05) is 6.54 Å². The lowest BCUT2D eigenvalue weighted by atomic mass is 10.0. The highest BCUT2D eigenvalue weighted by molar-refractivity contribution is 5.40. The number of aliphatic hydroxyl groups excluding tert-OH is 1. The van der Waals surface area contributed by atoms with E-state index < -0.39 is 0 Å². The molecule has 0 amide bonds. The summed E-state index contributed by atoms with van der Waals surface area (Å²) >= 11 is 0. The fraction of sp³-hybridized carbons (Fsp3) is 0.500. The maximum Gasteiger partial charge on any atom is 0.141 e. The molecular weight excluding hydrogens is 280 g/mol. The Balaban J connectivity index is 1.85. The average Bonchev–Trinajstić information content (AvgIpc) is 2.94. The second-order valence-electron chi connectivity index (χ2n) is 5.80. The molecule has 118 valence electrons. The number of pyridine rings is 1. The van der Waals surface area contributed by atoms with Gasteiger partial charge in [0.1, 0.15) is 5.75 Å². The number of hydrogen-bond acceptors (Lipinski definition) is 5. The molecular formula is C16H22N4O2. The zero-order valence-electron chi connectivity index (χ0n) is 13.1. The lowest BCUT2D eigenvalue weighted by Crippen LogP contribution is -2.30. The van der Waals surface area contributed by atoms with Crippen LogP contribution in [0.4, 0.5) is 0 Å². The Morgan fingerprint density at radius 3 is 2.95 bits per heavy atom. The molecule has 1 aliphatic heterocycles. The summed E-state index contributed by atoms with van der Waals surface area (Å²) in [5.41, 5.74) is 5.70. The first-order valence-electron chi connectivity index (χ1n) is 7.68. The Morgan fingerprint density at radius 1 is 1.41 bits per heavy atom. The molecule has 0 saturated heterocycles. The second-order valence-corrected chi connectivity index (χ2v) is 5.80. The lowest BCUT2D eigenvalue weighted by Gasteiger charge is -2.28. The molecule has 2 aromatic rings. The molecule has 6 heteroatoms. The van der Waals surface area contributed by atoms with Gasteiger partial charge in [0.05, 0.1) is 18.0 Å². The third-order valence-electron chi connectivity index (χ3n) is 4.42. The molecule has 0 bridgehead atoms. The Morgan fingerprint density at radius 2 is 2.23 bits per heavy atom. The van der Waals surface area contributed by atoms with E-state index in [2.05, 4.69) is 27.0 Å². The highest BCUT2D eigenvalue weighted by Gasteiger charge is 2.23. The maximum absolute atomic E-state index is 10.3. The van der Waals surface area contributed by atoms with Crippen LogP contribution in [0.25, 0.3) is 0 Å². The number of nitrogens with zero attached hydrogens (tertiary/aromatic N) is 3. The Labute approximate surface area is 129 Å². The first-order chi connectivity index (χ1) is 10.6. The molecule has 3 rings (SSSR count). The summed E-state index contributed by atoms with van der Waals surface area (Å²) in [6, 6.07) is 0. The molecule has 0 fully saturated rings.